The van der Waals surface area contributed by atoms with Crippen molar-refractivity contribution in [2.45, 2.75) is 56.1 Å². The zero-order chi connectivity index (χ0) is 27.1. The van der Waals surface area contributed by atoms with Crippen LogP contribution in [0, 0.1) is 0 Å². The number of imidazole rings is 1. The molecule has 0 atom stereocenters. The third-order valence-electron chi connectivity index (χ3n) is 6.39. The number of pyridine rings is 1. The van der Waals surface area contributed by atoms with Gasteiger partial charge in [-0.1, -0.05) is 41.7 Å². The molecule has 13 heteroatoms. The summed E-state index contributed by atoms with van der Waals surface area (Å²) in [6.07, 6.45) is 0.711. The highest BCUT2D eigenvalue weighted by Gasteiger charge is 2.41. The molecule has 0 radical (unpaired) electrons. The number of nitrogens with zero attached hydrogens (tertiary/aromatic N) is 5. The maximum Gasteiger partial charge on any atom is 0.291 e. The molecule has 5 rings (SSSR count). The lowest BCUT2D eigenvalue weighted by Gasteiger charge is -2.17. The standard InChI is InChI=1S/C25H26F2N6O3S2/c1-25(9-10-25)31-38(35,36)18-12-17(8-11-34)20-19(15-32(2)13-16-6-4-3-5-7-16)28-22(33(20)14-18)24-30-29-23(37-24)21(26)27/h3-7,11-12,14,21,31H,8-10,13,15H2,1-2H3. The van der Waals surface area contributed by atoms with E-state index in [1.807, 2.05) is 49.2 Å². The first kappa shape index (κ1) is 26.5. The van der Waals surface area contributed by atoms with Crippen LogP contribution in [0.4, 0.5) is 8.78 Å². The average molecular weight is 561 g/mol. The number of aldehydes is 1. The van der Waals surface area contributed by atoms with Crippen LogP contribution in [-0.4, -0.2) is 51.8 Å². The first-order valence-electron chi connectivity index (χ1n) is 11.9. The van der Waals surface area contributed by atoms with Crippen molar-refractivity contribution in [2.24, 2.45) is 0 Å². The van der Waals surface area contributed by atoms with Crippen LogP contribution in [-0.2, 0) is 34.3 Å². The van der Waals surface area contributed by atoms with Crippen molar-refractivity contribution in [1.29, 1.82) is 0 Å². The highest BCUT2D eigenvalue weighted by Crippen LogP contribution is 2.37. The third kappa shape index (κ3) is 5.51. The Kier molecular flexibility index (Phi) is 7.11. The lowest BCUT2D eigenvalue weighted by atomic mass is 10.1. The van der Waals surface area contributed by atoms with Gasteiger partial charge in [-0.25, -0.2) is 26.9 Å². The first-order valence-corrected chi connectivity index (χ1v) is 14.2. The van der Waals surface area contributed by atoms with Gasteiger partial charge in [0.15, 0.2) is 15.8 Å². The molecule has 0 unspecified atom stereocenters. The van der Waals surface area contributed by atoms with Crippen molar-refractivity contribution in [1.82, 2.24) is 29.2 Å². The molecule has 0 aliphatic heterocycles. The summed E-state index contributed by atoms with van der Waals surface area (Å²) in [6, 6.07) is 11.3. The van der Waals surface area contributed by atoms with E-state index in [9.17, 15) is 22.0 Å². The molecule has 0 saturated heterocycles. The number of alkyl halides is 2. The predicted molar refractivity (Wildman–Crippen MR) is 138 cm³/mol. The van der Waals surface area contributed by atoms with Gasteiger partial charge >= 0.3 is 0 Å². The van der Waals surface area contributed by atoms with Gasteiger partial charge in [0.25, 0.3) is 6.43 Å². The summed E-state index contributed by atoms with van der Waals surface area (Å²) in [5, 5.41) is 7.16. The number of rotatable bonds is 11. The van der Waals surface area contributed by atoms with E-state index in [-0.39, 0.29) is 22.1 Å². The smallest absolute Gasteiger partial charge is 0.291 e. The molecule has 1 saturated carbocycles. The summed E-state index contributed by atoms with van der Waals surface area (Å²) in [4.78, 5) is 18.3. The lowest BCUT2D eigenvalue weighted by Crippen LogP contribution is -2.34. The van der Waals surface area contributed by atoms with Gasteiger partial charge in [0, 0.05) is 31.2 Å². The summed E-state index contributed by atoms with van der Waals surface area (Å²) in [7, 11) is -2.01. The lowest BCUT2D eigenvalue weighted by molar-refractivity contribution is -0.107. The Balaban J connectivity index is 1.64. The van der Waals surface area contributed by atoms with Gasteiger partial charge in [0.05, 0.1) is 16.1 Å². The molecule has 200 valence electrons. The Bertz CT molecular complexity index is 1580. The molecule has 1 N–H and O–H groups in total. The molecule has 1 fully saturated rings. The van der Waals surface area contributed by atoms with E-state index >= 15 is 0 Å². The zero-order valence-corrected chi connectivity index (χ0v) is 22.4. The van der Waals surface area contributed by atoms with E-state index in [1.165, 1.54) is 16.7 Å². The molecule has 9 nitrogen and oxygen atoms in total. The Labute approximate surface area is 222 Å². The minimum absolute atomic E-state index is 0.0450. The number of aromatic nitrogens is 4. The molecule has 3 heterocycles. The van der Waals surface area contributed by atoms with Crippen LogP contribution in [0.3, 0.4) is 0 Å². The summed E-state index contributed by atoms with van der Waals surface area (Å²) in [5.74, 6) is 0.189. The van der Waals surface area contributed by atoms with E-state index in [4.69, 9.17) is 4.98 Å². The second-order valence-corrected chi connectivity index (χ2v) is 12.4. The molecular formula is C25H26F2N6O3S2. The van der Waals surface area contributed by atoms with Crippen LogP contribution in [0.1, 0.15) is 48.0 Å². The van der Waals surface area contributed by atoms with Gasteiger partial charge in [-0.05, 0) is 44.0 Å². The minimum atomic E-state index is -3.93. The van der Waals surface area contributed by atoms with E-state index in [0.29, 0.717) is 47.5 Å². The van der Waals surface area contributed by atoms with E-state index in [2.05, 4.69) is 14.9 Å². The van der Waals surface area contributed by atoms with Crippen molar-refractivity contribution >= 4 is 33.2 Å². The second-order valence-electron chi connectivity index (χ2n) is 9.74. The number of hydrogen-bond donors (Lipinski definition) is 1. The van der Waals surface area contributed by atoms with Crippen LogP contribution in [0.5, 0.6) is 0 Å². The number of carbonyl (C=O) groups excluding carboxylic acids is 1. The molecule has 3 aromatic heterocycles. The fourth-order valence-corrected chi connectivity index (χ4v) is 6.49. The molecule has 0 amide bonds. The maximum atomic E-state index is 13.3. The fraction of sp³-hybridized carbons (Fsp3) is 0.360. The van der Waals surface area contributed by atoms with Crippen LogP contribution in [0.15, 0.2) is 47.5 Å². The number of sulfonamides is 1. The highest BCUT2D eigenvalue weighted by atomic mass is 32.2. The molecule has 1 aliphatic rings. The van der Waals surface area contributed by atoms with E-state index < -0.39 is 27.0 Å². The summed E-state index contributed by atoms with van der Waals surface area (Å²) < 4.78 is 57.3. The molecule has 0 spiro atoms. The topological polar surface area (TPSA) is 110 Å². The number of fused-ring (bicyclic) bond motifs is 1. The van der Waals surface area contributed by atoms with E-state index in [0.717, 1.165) is 18.4 Å². The normalized spacial score (nSPS) is 15.0. The Morgan fingerprint density at radius 2 is 1.95 bits per heavy atom. The zero-order valence-electron chi connectivity index (χ0n) is 20.8. The van der Waals surface area contributed by atoms with Gasteiger partial charge in [0.1, 0.15) is 6.29 Å². The maximum absolute atomic E-state index is 13.3. The monoisotopic (exact) mass is 560 g/mol. The van der Waals surface area contributed by atoms with Crippen LogP contribution >= 0.6 is 11.3 Å². The number of benzene rings is 1. The molecule has 1 aliphatic carbocycles. The van der Waals surface area contributed by atoms with Crippen LogP contribution in [0.25, 0.3) is 16.3 Å². The second kappa shape index (κ2) is 10.2. The van der Waals surface area contributed by atoms with Crippen molar-refractivity contribution in [3.05, 3.63) is 64.4 Å². The molecular weight excluding hydrogens is 534 g/mol. The van der Waals surface area contributed by atoms with Crippen LogP contribution in [0.2, 0.25) is 0 Å². The largest absolute Gasteiger partial charge is 0.303 e. The molecule has 1 aromatic carbocycles. The molecule has 38 heavy (non-hydrogen) atoms. The number of halogens is 2. The molecule has 0 bridgehead atoms. The quantitative estimate of drug-likeness (QED) is 0.276. The Hall–Kier alpha value is -3.13. The van der Waals surface area contributed by atoms with E-state index in [1.54, 1.807) is 0 Å². The van der Waals surface area contributed by atoms with Gasteiger partial charge < -0.3 is 4.79 Å². The van der Waals surface area contributed by atoms with Gasteiger partial charge in [-0.2, -0.15) is 0 Å². The van der Waals surface area contributed by atoms with Gasteiger partial charge in [-0.3, -0.25) is 9.30 Å². The summed E-state index contributed by atoms with van der Waals surface area (Å²) in [5.41, 5.74) is 2.15. The summed E-state index contributed by atoms with van der Waals surface area (Å²) in [6.45, 7) is 2.79. The summed E-state index contributed by atoms with van der Waals surface area (Å²) >= 11 is 0.693. The van der Waals surface area contributed by atoms with Crippen molar-refractivity contribution in [3.63, 3.8) is 0 Å². The fourth-order valence-electron chi connectivity index (χ4n) is 4.30. The highest BCUT2D eigenvalue weighted by molar-refractivity contribution is 7.89. The van der Waals surface area contributed by atoms with Gasteiger partial charge in [0.2, 0.25) is 10.0 Å². The Morgan fingerprint density at radius 3 is 2.58 bits per heavy atom. The third-order valence-corrected chi connectivity index (χ3v) is 8.92. The van der Waals surface area contributed by atoms with Crippen molar-refractivity contribution < 1.29 is 22.0 Å². The first-order chi connectivity index (χ1) is 18.1. The number of hydrogen-bond acceptors (Lipinski definition) is 8. The minimum Gasteiger partial charge on any atom is -0.303 e. The average Bonchev–Trinajstić information content (AvgIpc) is 3.25. The van der Waals surface area contributed by atoms with Crippen molar-refractivity contribution in [2.75, 3.05) is 7.05 Å². The predicted octanol–water partition coefficient (Wildman–Crippen LogP) is 3.99. The number of nitrogens with one attached hydrogen (secondary N) is 1. The van der Waals surface area contributed by atoms with Crippen molar-refractivity contribution in [3.8, 4) is 10.8 Å². The molecule has 4 aromatic rings. The Morgan fingerprint density at radius 1 is 1.21 bits per heavy atom. The van der Waals surface area contributed by atoms with Crippen LogP contribution < -0.4 is 4.72 Å². The van der Waals surface area contributed by atoms with Gasteiger partial charge in [-0.15, -0.1) is 10.2 Å². The number of carbonyl (C=O) groups is 1. The SMILES string of the molecule is CN(Cc1ccccc1)Cc1nc(-c2nnc(C(F)F)s2)n2cc(S(=O)(=O)NC3(C)CC3)cc(CC=O)c12.